The first-order valence-corrected chi connectivity index (χ1v) is 5.21. The lowest BCUT2D eigenvalue weighted by molar-refractivity contribution is 0.0919. The Bertz CT molecular complexity index is 381. The van der Waals surface area contributed by atoms with Gasteiger partial charge >= 0.3 is 0 Å². The molecule has 0 aromatic heterocycles. The molecule has 0 heterocycles. The molecule has 1 rings (SSSR count). The minimum atomic E-state index is -0.298. The molecule has 0 saturated heterocycles. The lowest BCUT2D eigenvalue weighted by Gasteiger charge is -2.13. The Hall–Kier alpha value is -1.26. The molecule has 1 aromatic rings. The van der Waals surface area contributed by atoms with Crippen molar-refractivity contribution in [2.24, 2.45) is 0 Å². The Labute approximate surface area is 99.2 Å². The molecule has 88 valence electrons. The molecule has 0 bridgehead atoms. The number of aliphatic hydroxyl groups is 1. The van der Waals surface area contributed by atoms with E-state index in [1.165, 1.54) is 7.11 Å². The van der Waals surface area contributed by atoms with Crippen LogP contribution in [-0.2, 0) is 0 Å². The summed E-state index contributed by atoms with van der Waals surface area (Å²) in [6.07, 6.45) is 0. The van der Waals surface area contributed by atoms with Crippen molar-refractivity contribution in [2.75, 3.05) is 13.7 Å². The first kappa shape index (κ1) is 12.8. The van der Waals surface area contributed by atoms with Crippen LogP contribution >= 0.6 is 11.6 Å². The van der Waals surface area contributed by atoms with Gasteiger partial charge in [0.1, 0.15) is 5.75 Å². The van der Waals surface area contributed by atoms with Crippen LogP contribution in [0.15, 0.2) is 18.2 Å². The topological polar surface area (TPSA) is 58.6 Å². The largest absolute Gasteiger partial charge is 0.496 e. The Kier molecular flexibility index (Phi) is 4.58. The zero-order valence-corrected chi connectivity index (χ0v) is 9.91. The monoisotopic (exact) mass is 243 g/mol. The molecule has 0 fully saturated rings. The van der Waals surface area contributed by atoms with Gasteiger partial charge in [-0.1, -0.05) is 11.6 Å². The molecule has 1 amide bonds. The number of nitrogens with one attached hydrogen (secondary N) is 1. The summed E-state index contributed by atoms with van der Waals surface area (Å²) in [7, 11) is 1.47. The number of hydrogen-bond donors (Lipinski definition) is 2. The summed E-state index contributed by atoms with van der Waals surface area (Å²) in [6, 6.07) is 4.47. The van der Waals surface area contributed by atoms with E-state index in [-0.39, 0.29) is 18.6 Å². The molecule has 0 aliphatic rings. The summed E-state index contributed by atoms with van der Waals surface area (Å²) in [4.78, 5) is 11.8. The van der Waals surface area contributed by atoms with Crippen molar-refractivity contribution in [3.8, 4) is 5.75 Å². The second-order valence-electron chi connectivity index (χ2n) is 3.40. The van der Waals surface area contributed by atoms with Crippen molar-refractivity contribution >= 4 is 17.5 Å². The van der Waals surface area contributed by atoms with E-state index in [4.69, 9.17) is 21.4 Å². The Balaban J connectivity index is 2.90. The fraction of sp³-hybridized carbons (Fsp3) is 0.364. The third-order valence-corrected chi connectivity index (χ3v) is 2.29. The van der Waals surface area contributed by atoms with Crippen molar-refractivity contribution in [2.45, 2.75) is 13.0 Å². The van der Waals surface area contributed by atoms with E-state index in [0.29, 0.717) is 16.3 Å². The summed E-state index contributed by atoms with van der Waals surface area (Å²) < 4.78 is 5.05. The molecule has 0 spiro atoms. The summed E-state index contributed by atoms with van der Waals surface area (Å²) in [5.74, 6) is 0.116. The SMILES string of the molecule is COc1cc(Cl)ccc1C(=O)N[C@@H](C)CO. The first-order valence-electron chi connectivity index (χ1n) is 4.83. The van der Waals surface area contributed by atoms with Gasteiger partial charge in [-0.25, -0.2) is 0 Å². The number of aliphatic hydroxyl groups excluding tert-OH is 1. The maximum atomic E-state index is 11.8. The molecule has 0 aliphatic carbocycles. The molecule has 0 saturated carbocycles. The third kappa shape index (κ3) is 3.12. The molecule has 4 nitrogen and oxygen atoms in total. The van der Waals surface area contributed by atoms with Gasteiger partial charge in [-0.15, -0.1) is 0 Å². The van der Waals surface area contributed by atoms with Gasteiger partial charge in [0.25, 0.3) is 5.91 Å². The zero-order valence-electron chi connectivity index (χ0n) is 9.16. The van der Waals surface area contributed by atoms with E-state index in [2.05, 4.69) is 5.32 Å². The van der Waals surface area contributed by atoms with Crippen LogP contribution in [0.1, 0.15) is 17.3 Å². The standard InChI is InChI=1S/C11H14ClNO3/c1-7(6-14)13-11(15)9-4-3-8(12)5-10(9)16-2/h3-5,7,14H,6H2,1-2H3,(H,13,15)/t7-/m0/s1. The van der Waals surface area contributed by atoms with Gasteiger partial charge in [0.05, 0.1) is 19.3 Å². The minimum Gasteiger partial charge on any atom is -0.496 e. The van der Waals surface area contributed by atoms with E-state index >= 15 is 0 Å². The Morgan fingerprint density at radius 3 is 2.88 bits per heavy atom. The third-order valence-electron chi connectivity index (χ3n) is 2.06. The van der Waals surface area contributed by atoms with Crippen LogP contribution in [0.2, 0.25) is 5.02 Å². The van der Waals surface area contributed by atoms with Gasteiger partial charge in [0.15, 0.2) is 0 Å². The number of ether oxygens (including phenoxy) is 1. The van der Waals surface area contributed by atoms with E-state index in [1.54, 1.807) is 25.1 Å². The number of carbonyl (C=O) groups excluding carboxylic acids is 1. The van der Waals surface area contributed by atoms with E-state index in [0.717, 1.165) is 0 Å². The Morgan fingerprint density at radius 2 is 2.31 bits per heavy atom. The number of amides is 1. The van der Waals surface area contributed by atoms with Crippen LogP contribution < -0.4 is 10.1 Å². The van der Waals surface area contributed by atoms with Crippen LogP contribution in [0.25, 0.3) is 0 Å². The maximum Gasteiger partial charge on any atom is 0.255 e. The molecule has 0 aliphatic heterocycles. The summed E-state index contributed by atoms with van der Waals surface area (Å²) in [5.41, 5.74) is 0.396. The molecule has 16 heavy (non-hydrogen) atoms. The van der Waals surface area contributed by atoms with Gasteiger partial charge in [-0.2, -0.15) is 0 Å². The van der Waals surface area contributed by atoms with Crippen molar-refractivity contribution in [1.29, 1.82) is 0 Å². The maximum absolute atomic E-state index is 11.8. The zero-order chi connectivity index (χ0) is 12.1. The van der Waals surface area contributed by atoms with Crippen LogP contribution in [0.3, 0.4) is 0 Å². The molecule has 0 unspecified atom stereocenters. The second kappa shape index (κ2) is 5.72. The number of benzene rings is 1. The molecular weight excluding hydrogens is 230 g/mol. The molecule has 1 aromatic carbocycles. The van der Waals surface area contributed by atoms with Crippen LogP contribution in [0.4, 0.5) is 0 Å². The van der Waals surface area contributed by atoms with E-state index < -0.39 is 0 Å². The van der Waals surface area contributed by atoms with Crippen LogP contribution in [-0.4, -0.2) is 30.8 Å². The lowest BCUT2D eigenvalue weighted by Crippen LogP contribution is -2.35. The molecule has 1 atom stereocenters. The first-order chi connectivity index (χ1) is 7.58. The predicted octanol–water partition coefficient (Wildman–Crippen LogP) is 1.46. The van der Waals surface area contributed by atoms with Crippen LogP contribution in [0, 0.1) is 0 Å². The molecule has 2 N–H and O–H groups in total. The average molecular weight is 244 g/mol. The number of rotatable bonds is 4. The summed E-state index contributed by atoms with van der Waals surface area (Å²) >= 11 is 5.78. The normalized spacial score (nSPS) is 12.0. The molecular formula is C11H14ClNO3. The van der Waals surface area contributed by atoms with Crippen molar-refractivity contribution in [3.05, 3.63) is 28.8 Å². The van der Waals surface area contributed by atoms with Crippen molar-refractivity contribution < 1.29 is 14.6 Å². The highest BCUT2D eigenvalue weighted by Crippen LogP contribution is 2.22. The molecule has 0 radical (unpaired) electrons. The second-order valence-corrected chi connectivity index (χ2v) is 3.84. The smallest absolute Gasteiger partial charge is 0.255 e. The van der Waals surface area contributed by atoms with Crippen molar-refractivity contribution in [1.82, 2.24) is 5.32 Å². The highest BCUT2D eigenvalue weighted by Gasteiger charge is 2.14. The van der Waals surface area contributed by atoms with Gasteiger partial charge in [0, 0.05) is 11.1 Å². The summed E-state index contributed by atoms with van der Waals surface area (Å²) in [5, 5.41) is 12.0. The number of methoxy groups -OCH3 is 1. The highest BCUT2D eigenvalue weighted by atomic mass is 35.5. The number of halogens is 1. The fourth-order valence-electron chi connectivity index (χ4n) is 1.20. The summed E-state index contributed by atoms with van der Waals surface area (Å²) in [6.45, 7) is 1.60. The molecule has 5 heteroatoms. The number of carbonyl (C=O) groups is 1. The Morgan fingerprint density at radius 1 is 1.62 bits per heavy atom. The van der Waals surface area contributed by atoms with Gasteiger partial charge in [-0.3, -0.25) is 4.79 Å². The highest BCUT2D eigenvalue weighted by molar-refractivity contribution is 6.30. The minimum absolute atomic E-state index is 0.109. The van der Waals surface area contributed by atoms with E-state index in [9.17, 15) is 4.79 Å². The van der Waals surface area contributed by atoms with Gasteiger partial charge in [-0.05, 0) is 25.1 Å². The average Bonchev–Trinajstić information content (AvgIpc) is 2.28. The van der Waals surface area contributed by atoms with Crippen LogP contribution in [0.5, 0.6) is 5.75 Å². The van der Waals surface area contributed by atoms with Gasteiger partial charge in [0.2, 0.25) is 0 Å². The predicted molar refractivity (Wildman–Crippen MR) is 62.0 cm³/mol. The fourth-order valence-corrected chi connectivity index (χ4v) is 1.36. The van der Waals surface area contributed by atoms with E-state index in [1.807, 2.05) is 0 Å². The van der Waals surface area contributed by atoms with Gasteiger partial charge < -0.3 is 15.2 Å². The van der Waals surface area contributed by atoms with Crippen molar-refractivity contribution in [3.63, 3.8) is 0 Å². The number of hydrogen-bond acceptors (Lipinski definition) is 3. The quantitative estimate of drug-likeness (QED) is 0.842. The lowest BCUT2D eigenvalue weighted by atomic mass is 10.1.